The number of nitrogens with zero attached hydrogens (tertiary/aromatic N) is 3. The van der Waals surface area contributed by atoms with E-state index in [0.29, 0.717) is 0 Å². The van der Waals surface area contributed by atoms with Crippen molar-refractivity contribution in [1.82, 2.24) is 9.91 Å². The van der Waals surface area contributed by atoms with Crippen molar-refractivity contribution in [3.63, 3.8) is 0 Å². The van der Waals surface area contributed by atoms with Crippen molar-refractivity contribution in [2.75, 3.05) is 13.1 Å². The summed E-state index contributed by atoms with van der Waals surface area (Å²) in [5, 5.41) is 7.48. The highest BCUT2D eigenvalue weighted by molar-refractivity contribution is 9.11. The Balaban J connectivity index is 1.29. The Labute approximate surface area is 195 Å². The van der Waals surface area contributed by atoms with E-state index in [1.807, 2.05) is 0 Å². The number of benzene rings is 2. The van der Waals surface area contributed by atoms with E-state index in [0.717, 1.165) is 48.4 Å². The molecule has 0 amide bonds. The van der Waals surface area contributed by atoms with Gasteiger partial charge in [-0.2, -0.15) is 5.10 Å². The predicted molar refractivity (Wildman–Crippen MR) is 129 cm³/mol. The summed E-state index contributed by atoms with van der Waals surface area (Å²) in [6.07, 6.45) is 2.84. The maximum atomic E-state index is 6.75. The molecule has 3 aliphatic rings. The summed E-state index contributed by atoms with van der Waals surface area (Å²) in [6.45, 7) is 3.01. The smallest absolute Gasteiger partial charge is 0.200 e. The molecule has 1 atom stereocenters. The SMILES string of the molecule is Brc1ccc(C2=NN3C(C2)c2ccccc2OC32CCN(Cc3ccccc3)CC2)s1. The molecule has 0 aliphatic carbocycles. The molecule has 6 rings (SSSR count). The van der Waals surface area contributed by atoms with Gasteiger partial charge in [0.1, 0.15) is 5.75 Å². The topological polar surface area (TPSA) is 28.1 Å². The van der Waals surface area contributed by atoms with Crippen LogP contribution >= 0.6 is 27.3 Å². The van der Waals surface area contributed by atoms with Gasteiger partial charge in [-0.05, 0) is 39.7 Å². The third-order valence-corrected chi connectivity index (χ3v) is 8.32. The molecule has 0 N–H and O–H groups in total. The fourth-order valence-electron chi connectivity index (χ4n) is 5.08. The Bertz CT molecular complexity index is 1120. The van der Waals surface area contributed by atoms with Gasteiger partial charge in [0.25, 0.3) is 0 Å². The molecular formula is C25H24BrN3OS. The van der Waals surface area contributed by atoms with E-state index in [4.69, 9.17) is 9.84 Å². The summed E-state index contributed by atoms with van der Waals surface area (Å²) in [4.78, 5) is 3.78. The second kappa shape index (κ2) is 7.76. The zero-order valence-corrected chi connectivity index (χ0v) is 19.6. The van der Waals surface area contributed by atoms with E-state index in [2.05, 4.69) is 92.6 Å². The van der Waals surface area contributed by atoms with Gasteiger partial charge in [0, 0.05) is 44.5 Å². The van der Waals surface area contributed by atoms with Crippen molar-refractivity contribution in [3.05, 3.63) is 86.5 Å². The van der Waals surface area contributed by atoms with Gasteiger partial charge in [0.2, 0.25) is 5.72 Å². The maximum absolute atomic E-state index is 6.75. The van der Waals surface area contributed by atoms with E-state index >= 15 is 0 Å². The summed E-state index contributed by atoms with van der Waals surface area (Å²) in [5.41, 5.74) is 3.44. The molecule has 0 saturated carbocycles. The summed E-state index contributed by atoms with van der Waals surface area (Å²) < 4.78 is 7.90. The van der Waals surface area contributed by atoms with Crippen LogP contribution in [0.2, 0.25) is 0 Å². The van der Waals surface area contributed by atoms with Crippen molar-refractivity contribution in [2.45, 2.75) is 37.6 Å². The molecule has 1 saturated heterocycles. The van der Waals surface area contributed by atoms with E-state index in [1.165, 1.54) is 21.7 Å². The van der Waals surface area contributed by atoms with Crippen molar-refractivity contribution in [2.24, 2.45) is 5.10 Å². The molecule has 1 unspecified atom stereocenters. The third kappa shape index (κ3) is 3.51. The lowest BCUT2D eigenvalue weighted by Crippen LogP contribution is -2.59. The molecule has 4 nitrogen and oxygen atoms in total. The number of thiophene rings is 1. The van der Waals surface area contributed by atoms with Crippen molar-refractivity contribution < 1.29 is 4.74 Å². The number of rotatable bonds is 3. The molecule has 0 bridgehead atoms. The normalized spacial score (nSPS) is 22.0. The van der Waals surface area contributed by atoms with E-state index in [9.17, 15) is 0 Å². The first-order valence-corrected chi connectivity index (χ1v) is 12.5. The van der Waals surface area contributed by atoms with Gasteiger partial charge in [0.05, 0.1) is 20.4 Å². The first-order chi connectivity index (χ1) is 15.2. The zero-order valence-electron chi connectivity index (χ0n) is 17.2. The molecular weight excluding hydrogens is 470 g/mol. The van der Waals surface area contributed by atoms with Crippen LogP contribution in [0.1, 0.15) is 41.3 Å². The quantitative estimate of drug-likeness (QED) is 0.444. The van der Waals surface area contributed by atoms with Crippen molar-refractivity contribution in [3.8, 4) is 5.75 Å². The highest BCUT2D eigenvalue weighted by Crippen LogP contribution is 2.50. The highest BCUT2D eigenvalue weighted by atomic mass is 79.9. The Morgan fingerprint density at radius 3 is 2.55 bits per heavy atom. The molecule has 1 aromatic heterocycles. The van der Waals surface area contributed by atoms with Crippen LogP contribution in [0.5, 0.6) is 5.75 Å². The van der Waals surface area contributed by atoms with Crippen LogP contribution in [-0.2, 0) is 6.54 Å². The van der Waals surface area contributed by atoms with Gasteiger partial charge in [0.15, 0.2) is 0 Å². The Kier molecular flexibility index (Phi) is 4.89. The van der Waals surface area contributed by atoms with Crippen LogP contribution in [0.3, 0.4) is 0 Å². The number of likely N-dealkylation sites (tertiary alicyclic amines) is 1. The highest BCUT2D eigenvalue weighted by Gasteiger charge is 2.51. The van der Waals surface area contributed by atoms with Crippen molar-refractivity contribution >= 4 is 33.0 Å². The summed E-state index contributed by atoms with van der Waals surface area (Å²) >= 11 is 5.36. The number of hydrazone groups is 1. The molecule has 1 fully saturated rings. The lowest BCUT2D eigenvalue weighted by molar-refractivity contribution is -0.150. The average molecular weight is 494 g/mol. The standard InChI is InChI=1S/C25H24BrN3OS/c26-24-11-10-23(31-24)20-16-21-19-8-4-5-9-22(19)30-25(29(21)27-20)12-14-28(15-13-25)17-18-6-2-1-3-7-18/h1-11,21H,12-17H2. The number of ether oxygens (including phenoxy) is 1. The van der Waals surface area contributed by atoms with Crippen LogP contribution in [0.25, 0.3) is 0 Å². The molecule has 31 heavy (non-hydrogen) atoms. The predicted octanol–water partition coefficient (Wildman–Crippen LogP) is 6.05. The first-order valence-electron chi connectivity index (χ1n) is 10.9. The fourth-order valence-corrected chi connectivity index (χ4v) is 6.46. The van der Waals surface area contributed by atoms with Crippen molar-refractivity contribution in [1.29, 1.82) is 0 Å². The summed E-state index contributed by atoms with van der Waals surface area (Å²) in [5.74, 6) is 1.03. The largest absolute Gasteiger partial charge is 0.466 e. The average Bonchev–Trinajstić information content (AvgIpc) is 3.44. The van der Waals surface area contributed by atoms with Gasteiger partial charge >= 0.3 is 0 Å². The number of piperidine rings is 1. The summed E-state index contributed by atoms with van der Waals surface area (Å²) in [6, 6.07) is 23.8. The van der Waals surface area contributed by atoms with Gasteiger partial charge < -0.3 is 4.74 Å². The second-order valence-corrected chi connectivity index (χ2v) is 11.0. The van der Waals surface area contributed by atoms with Gasteiger partial charge in [-0.25, -0.2) is 5.01 Å². The molecule has 3 aromatic rings. The number of hydrogen-bond donors (Lipinski definition) is 0. The third-order valence-electron chi connectivity index (χ3n) is 6.65. The minimum Gasteiger partial charge on any atom is -0.466 e. The van der Waals surface area contributed by atoms with E-state index in [1.54, 1.807) is 11.3 Å². The lowest BCUT2D eigenvalue weighted by atomic mass is 9.91. The number of para-hydroxylation sites is 1. The Morgan fingerprint density at radius 2 is 1.77 bits per heavy atom. The van der Waals surface area contributed by atoms with Crippen LogP contribution in [0.15, 0.2) is 75.6 Å². The molecule has 158 valence electrons. The second-order valence-electron chi connectivity index (χ2n) is 8.56. The number of fused-ring (bicyclic) bond motifs is 4. The van der Waals surface area contributed by atoms with Crippen LogP contribution in [-0.4, -0.2) is 34.4 Å². The lowest BCUT2D eigenvalue weighted by Gasteiger charge is -2.51. The van der Waals surface area contributed by atoms with Gasteiger partial charge in [-0.15, -0.1) is 11.3 Å². The first kappa shape index (κ1) is 19.5. The van der Waals surface area contributed by atoms with Crippen LogP contribution < -0.4 is 4.74 Å². The maximum Gasteiger partial charge on any atom is 0.200 e. The van der Waals surface area contributed by atoms with E-state index < -0.39 is 0 Å². The Morgan fingerprint density at radius 1 is 1.00 bits per heavy atom. The van der Waals surface area contributed by atoms with Gasteiger partial charge in [-0.1, -0.05) is 48.5 Å². The number of hydrogen-bond acceptors (Lipinski definition) is 5. The van der Waals surface area contributed by atoms with Crippen LogP contribution in [0.4, 0.5) is 0 Å². The molecule has 1 spiro atoms. The molecule has 3 aliphatic heterocycles. The monoisotopic (exact) mass is 493 g/mol. The molecule has 0 radical (unpaired) electrons. The Hall–Kier alpha value is -2.15. The fraction of sp³-hybridized carbons (Fsp3) is 0.320. The van der Waals surface area contributed by atoms with E-state index in [-0.39, 0.29) is 11.8 Å². The summed E-state index contributed by atoms with van der Waals surface area (Å²) in [7, 11) is 0. The number of halogens is 1. The molecule has 2 aromatic carbocycles. The molecule has 4 heterocycles. The van der Waals surface area contributed by atoms with Gasteiger partial charge in [-0.3, -0.25) is 4.90 Å². The minimum atomic E-state index is -0.359. The minimum absolute atomic E-state index is 0.251. The molecule has 6 heteroatoms. The van der Waals surface area contributed by atoms with Crippen LogP contribution in [0, 0.1) is 0 Å². The zero-order chi connectivity index (χ0) is 20.8.